The fraction of sp³-hybridized carbons (Fsp3) is 0.667. The summed E-state index contributed by atoms with van der Waals surface area (Å²) in [5.74, 6) is -0.837. The summed E-state index contributed by atoms with van der Waals surface area (Å²) < 4.78 is 32.1. The molecule has 3 rings (SSSR count). The maximum Gasteiger partial charge on any atom is 0.266 e. The minimum absolute atomic E-state index is 0.143. The van der Waals surface area contributed by atoms with Crippen LogP contribution in [0.1, 0.15) is 25.3 Å². The molecule has 0 aromatic heterocycles. The number of likely N-dealkylation sites (tertiary alicyclic amines) is 1. The van der Waals surface area contributed by atoms with E-state index in [-0.39, 0.29) is 12.8 Å². The van der Waals surface area contributed by atoms with Crippen molar-refractivity contribution in [3.05, 3.63) is 29.8 Å². The van der Waals surface area contributed by atoms with Crippen LogP contribution >= 0.6 is 0 Å². The van der Waals surface area contributed by atoms with Gasteiger partial charge in [0, 0.05) is 58.6 Å². The highest BCUT2D eigenvalue weighted by atomic mass is 32.2. The molecule has 0 aliphatic carbocycles. The third-order valence-electron chi connectivity index (χ3n) is 6.57. The molecular weight excluding hydrogens is 420 g/mol. The Hall–Kier alpha value is -1.72. The number of benzene rings is 1. The Morgan fingerprint density at radius 1 is 1.10 bits per heavy atom. The van der Waals surface area contributed by atoms with E-state index in [1.165, 1.54) is 9.87 Å². The van der Waals surface area contributed by atoms with E-state index in [2.05, 4.69) is 41.0 Å². The Kier molecular flexibility index (Phi) is 7.92. The smallest absolute Gasteiger partial charge is 0.266 e. The second kappa shape index (κ2) is 10.3. The minimum Gasteiger partial charge on any atom is -0.383 e. The number of ether oxygens (including phenoxy) is 1. The first kappa shape index (κ1) is 23.9. The predicted molar refractivity (Wildman–Crippen MR) is 119 cm³/mol. The monoisotopic (exact) mass is 454 g/mol. The normalized spacial score (nSPS) is 20.5. The maximum atomic E-state index is 13.6. The van der Waals surface area contributed by atoms with E-state index >= 15 is 0 Å². The lowest BCUT2D eigenvalue weighted by Crippen LogP contribution is -2.63. The number of hydrogen-bond acceptors (Lipinski definition) is 7. The van der Waals surface area contributed by atoms with E-state index in [1.807, 2.05) is 0 Å². The zero-order valence-electron chi connectivity index (χ0n) is 18.4. The number of hydroxylamine groups is 1. The zero-order valence-corrected chi connectivity index (χ0v) is 19.2. The van der Waals surface area contributed by atoms with E-state index in [4.69, 9.17) is 4.74 Å². The van der Waals surface area contributed by atoms with Crippen molar-refractivity contribution in [2.24, 2.45) is 0 Å². The fourth-order valence-electron chi connectivity index (χ4n) is 4.44. The number of hydrogen-bond donors (Lipinski definition) is 2. The molecule has 2 heterocycles. The van der Waals surface area contributed by atoms with Crippen molar-refractivity contribution in [2.45, 2.75) is 30.9 Å². The van der Waals surface area contributed by atoms with Gasteiger partial charge in [0.15, 0.2) is 4.75 Å². The molecule has 2 fully saturated rings. The molecule has 0 atom stereocenters. The standard InChI is InChI=1S/C21H34N4O5S/c1-3-18-4-6-19(7-5-18)24-12-14-25(15-13-24)31(28,29)21(20(26)22-27)8-10-23(11-9-21)16-17-30-2/h4-7,27H,3,8-17H2,1-2H3,(H,22,26). The molecule has 0 spiro atoms. The Bertz CT molecular complexity index is 830. The van der Waals surface area contributed by atoms with E-state index in [1.54, 1.807) is 12.6 Å². The molecule has 1 aromatic carbocycles. The summed E-state index contributed by atoms with van der Waals surface area (Å²) in [7, 11) is -2.32. The number of carbonyl (C=O) groups excluding carboxylic acids is 1. The second-order valence-electron chi connectivity index (χ2n) is 8.18. The van der Waals surface area contributed by atoms with Gasteiger partial charge in [0.05, 0.1) is 6.61 Å². The van der Waals surface area contributed by atoms with Gasteiger partial charge >= 0.3 is 0 Å². The number of piperazine rings is 1. The van der Waals surface area contributed by atoms with Gasteiger partial charge in [-0.2, -0.15) is 4.31 Å². The van der Waals surface area contributed by atoms with Crippen LogP contribution in [-0.4, -0.2) is 93.0 Å². The van der Waals surface area contributed by atoms with Crippen LogP contribution in [0.4, 0.5) is 5.69 Å². The van der Waals surface area contributed by atoms with Crippen molar-refractivity contribution in [1.29, 1.82) is 0 Å². The number of piperidine rings is 1. The number of nitrogens with zero attached hydrogens (tertiary/aromatic N) is 3. The first-order chi connectivity index (χ1) is 14.9. The van der Waals surface area contributed by atoms with Gasteiger partial charge < -0.3 is 14.5 Å². The van der Waals surface area contributed by atoms with Crippen LogP contribution in [0.3, 0.4) is 0 Å². The van der Waals surface area contributed by atoms with Gasteiger partial charge in [0.25, 0.3) is 5.91 Å². The molecule has 9 nitrogen and oxygen atoms in total. The second-order valence-corrected chi connectivity index (χ2v) is 10.4. The number of sulfonamides is 1. The number of rotatable bonds is 8. The van der Waals surface area contributed by atoms with Crippen molar-refractivity contribution in [2.75, 3.05) is 64.4 Å². The predicted octanol–water partition coefficient (Wildman–Crippen LogP) is 0.687. The maximum absolute atomic E-state index is 13.6. The SMILES string of the molecule is CCc1ccc(N2CCN(S(=O)(=O)C3(C(=O)NO)CCN(CCOC)CC3)CC2)cc1. The molecule has 0 unspecified atom stereocenters. The Labute approximate surface area is 185 Å². The molecule has 0 radical (unpaired) electrons. The van der Waals surface area contributed by atoms with Crippen LogP contribution in [0.15, 0.2) is 24.3 Å². The quantitative estimate of drug-likeness (QED) is 0.440. The number of aryl methyl sites for hydroxylation is 1. The first-order valence-corrected chi connectivity index (χ1v) is 12.3. The lowest BCUT2D eigenvalue weighted by Gasteiger charge is -2.44. The van der Waals surface area contributed by atoms with Crippen molar-refractivity contribution in [3.8, 4) is 0 Å². The van der Waals surface area contributed by atoms with E-state index < -0.39 is 20.7 Å². The molecule has 1 amide bonds. The number of amides is 1. The first-order valence-electron chi connectivity index (χ1n) is 10.9. The minimum atomic E-state index is -3.94. The summed E-state index contributed by atoms with van der Waals surface area (Å²) in [4.78, 5) is 16.9. The molecule has 1 aromatic rings. The average Bonchev–Trinajstić information content (AvgIpc) is 2.82. The third-order valence-corrected chi connectivity index (χ3v) is 9.20. The molecule has 2 aliphatic heterocycles. The molecule has 0 bridgehead atoms. The summed E-state index contributed by atoms with van der Waals surface area (Å²) in [6.45, 7) is 6.00. The van der Waals surface area contributed by atoms with Gasteiger partial charge in [-0.3, -0.25) is 10.0 Å². The molecule has 10 heteroatoms. The third kappa shape index (κ3) is 4.88. The summed E-state index contributed by atoms with van der Waals surface area (Å²) in [5.41, 5.74) is 3.96. The van der Waals surface area contributed by atoms with E-state index in [0.29, 0.717) is 52.4 Å². The van der Waals surface area contributed by atoms with Crippen molar-refractivity contribution >= 4 is 21.6 Å². The van der Waals surface area contributed by atoms with Crippen LogP contribution in [-0.2, 0) is 26.0 Å². The highest BCUT2D eigenvalue weighted by Gasteiger charge is 2.55. The van der Waals surface area contributed by atoms with Gasteiger partial charge in [-0.1, -0.05) is 19.1 Å². The summed E-state index contributed by atoms with van der Waals surface area (Å²) in [5, 5.41) is 9.33. The molecule has 174 valence electrons. The molecule has 2 saturated heterocycles. The summed E-state index contributed by atoms with van der Waals surface area (Å²) in [6.07, 6.45) is 1.26. The van der Waals surface area contributed by atoms with Crippen LogP contribution < -0.4 is 10.4 Å². The average molecular weight is 455 g/mol. The van der Waals surface area contributed by atoms with E-state index in [0.717, 1.165) is 12.1 Å². The Morgan fingerprint density at radius 2 is 1.71 bits per heavy atom. The van der Waals surface area contributed by atoms with Gasteiger partial charge in [-0.15, -0.1) is 0 Å². The zero-order chi connectivity index (χ0) is 22.5. The summed E-state index contributed by atoms with van der Waals surface area (Å²) >= 11 is 0. The molecule has 2 aliphatic rings. The number of nitrogens with one attached hydrogen (secondary N) is 1. The van der Waals surface area contributed by atoms with Gasteiger partial charge in [0.1, 0.15) is 0 Å². The Morgan fingerprint density at radius 3 is 2.23 bits per heavy atom. The van der Waals surface area contributed by atoms with Crippen LogP contribution in [0.2, 0.25) is 0 Å². The summed E-state index contributed by atoms with van der Waals surface area (Å²) in [6, 6.07) is 8.33. The molecular formula is C21H34N4O5S. The van der Waals surface area contributed by atoms with Crippen molar-refractivity contribution < 1.29 is 23.2 Å². The lowest BCUT2D eigenvalue weighted by atomic mass is 9.95. The van der Waals surface area contributed by atoms with E-state index in [9.17, 15) is 18.4 Å². The van der Waals surface area contributed by atoms with Gasteiger partial charge in [-0.25, -0.2) is 13.9 Å². The topological polar surface area (TPSA) is 102 Å². The Balaban J connectivity index is 1.70. The highest BCUT2D eigenvalue weighted by Crippen LogP contribution is 2.34. The number of carbonyl (C=O) groups is 1. The lowest BCUT2D eigenvalue weighted by molar-refractivity contribution is -0.133. The van der Waals surface area contributed by atoms with Crippen LogP contribution in [0.5, 0.6) is 0 Å². The largest absolute Gasteiger partial charge is 0.383 e. The fourth-order valence-corrected chi connectivity index (χ4v) is 6.56. The van der Waals surface area contributed by atoms with Crippen LogP contribution in [0.25, 0.3) is 0 Å². The van der Waals surface area contributed by atoms with Crippen molar-refractivity contribution in [3.63, 3.8) is 0 Å². The molecule has 0 saturated carbocycles. The number of methoxy groups -OCH3 is 1. The van der Waals surface area contributed by atoms with Gasteiger partial charge in [-0.05, 0) is 37.0 Å². The van der Waals surface area contributed by atoms with Crippen molar-refractivity contribution in [1.82, 2.24) is 14.7 Å². The van der Waals surface area contributed by atoms with Crippen LogP contribution in [0, 0.1) is 0 Å². The molecule has 2 N–H and O–H groups in total. The van der Waals surface area contributed by atoms with Gasteiger partial charge in [0.2, 0.25) is 10.0 Å². The molecule has 31 heavy (non-hydrogen) atoms. The highest BCUT2D eigenvalue weighted by molar-refractivity contribution is 7.91. The number of anilines is 1.